The Morgan fingerprint density at radius 1 is 1.38 bits per heavy atom. The number of carbonyl (C=O) groups excluding carboxylic acids is 1. The molecule has 0 saturated heterocycles. The van der Waals surface area contributed by atoms with Crippen LogP contribution in [0.2, 0.25) is 0 Å². The Kier molecular flexibility index (Phi) is 7.33. The summed E-state index contributed by atoms with van der Waals surface area (Å²) in [4.78, 5) is 24.3. The van der Waals surface area contributed by atoms with Crippen molar-refractivity contribution in [2.24, 2.45) is 15.9 Å². The number of rotatable bonds is 6. The Labute approximate surface area is 186 Å². The number of urea groups is 1. The minimum Gasteiger partial charge on any atom is -0.338 e. The molecule has 8 nitrogen and oxygen atoms in total. The molecule has 4 N–H and O–H groups in total. The van der Waals surface area contributed by atoms with Crippen LogP contribution in [0.15, 0.2) is 32.7 Å². The predicted octanol–water partition coefficient (Wildman–Crippen LogP) is 4.07. The van der Waals surface area contributed by atoms with Crippen molar-refractivity contribution in [1.82, 2.24) is 15.6 Å². The van der Waals surface area contributed by atoms with Crippen molar-refractivity contribution in [2.45, 2.75) is 32.4 Å². The molecule has 0 bridgehead atoms. The summed E-state index contributed by atoms with van der Waals surface area (Å²) >= 11 is 0.887. The van der Waals surface area contributed by atoms with E-state index in [1.165, 1.54) is 0 Å². The molecule has 3 heterocycles. The molecule has 2 aliphatic rings. The van der Waals surface area contributed by atoms with E-state index in [-0.39, 0.29) is 30.3 Å². The lowest BCUT2D eigenvalue weighted by atomic mass is 9.86. The van der Waals surface area contributed by atoms with Crippen LogP contribution >= 0.6 is 11.3 Å². The van der Waals surface area contributed by atoms with Crippen LogP contribution in [0.4, 0.5) is 18.0 Å². The highest BCUT2D eigenvalue weighted by atomic mass is 32.1. The number of nitrogens with zero attached hydrogens (tertiary/aromatic N) is 3. The van der Waals surface area contributed by atoms with E-state index in [1.54, 1.807) is 19.3 Å². The summed E-state index contributed by atoms with van der Waals surface area (Å²) in [5.41, 5.74) is 1.37. The first-order valence-corrected chi connectivity index (χ1v) is 10.7. The molecule has 0 fully saturated rings. The first-order chi connectivity index (χ1) is 15.2. The SMILES string of the molecule is CCNC(=O)NC1=NCC(C2=CN=CC(C(=N)CC=N)C2)=C(c2nc(C(F)(F)F)cs2)C1. The molecule has 1 unspecified atom stereocenters. The molecule has 0 spiro atoms. The van der Waals surface area contributed by atoms with E-state index in [2.05, 4.69) is 25.6 Å². The summed E-state index contributed by atoms with van der Waals surface area (Å²) < 4.78 is 39.4. The average molecular weight is 466 g/mol. The molecule has 1 aromatic heterocycles. The maximum atomic E-state index is 13.1. The van der Waals surface area contributed by atoms with E-state index in [1.807, 2.05) is 0 Å². The normalized spacial score (nSPS) is 18.7. The fourth-order valence-electron chi connectivity index (χ4n) is 3.32. The van der Waals surface area contributed by atoms with Gasteiger partial charge in [0.15, 0.2) is 5.69 Å². The van der Waals surface area contributed by atoms with Gasteiger partial charge in [-0.1, -0.05) is 0 Å². The minimum atomic E-state index is -4.55. The first-order valence-electron chi connectivity index (χ1n) is 9.85. The number of hydrogen-bond acceptors (Lipinski definition) is 7. The van der Waals surface area contributed by atoms with Crippen molar-refractivity contribution >= 4 is 46.9 Å². The smallest absolute Gasteiger partial charge is 0.338 e. The molecule has 3 rings (SSSR count). The number of dihydropyridines is 1. The third kappa shape index (κ3) is 5.55. The highest BCUT2D eigenvalue weighted by molar-refractivity contribution is 7.10. The highest BCUT2D eigenvalue weighted by Crippen LogP contribution is 2.38. The standard InChI is InChI=1S/C20H22F3N7OS/c1-2-27-19(31)30-17-6-13(18-29-16(10-32-18)20(21,22)23)14(9-28-17)11-5-12(8-26-7-11)15(25)3-4-24/h4,7-8,10,12,24-25H,2-3,5-6,9H2,1H3,(H2,27,28,30,31). The second-order valence-electron chi connectivity index (χ2n) is 7.11. The molecular weight excluding hydrogens is 443 g/mol. The summed E-state index contributed by atoms with van der Waals surface area (Å²) in [5.74, 6) is 0.0395. The van der Waals surface area contributed by atoms with E-state index >= 15 is 0 Å². The van der Waals surface area contributed by atoms with Crippen molar-refractivity contribution in [2.75, 3.05) is 13.1 Å². The van der Waals surface area contributed by atoms with Crippen LogP contribution in [0.25, 0.3) is 5.57 Å². The van der Waals surface area contributed by atoms with E-state index in [0.29, 0.717) is 35.7 Å². The Balaban J connectivity index is 1.94. The predicted molar refractivity (Wildman–Crippen MR) is 119 cm³/mol. The van der Waals surface area contributed by atoms with Gasteiger partial charge in [-0.15, -0.1) is 11.3 Å². The van der Waals surface area contributed by atoms with Crippen LogP contribution in [-0.4, -0.2) is 48.1 Å². The molecule has 0 saturated carbocycles. The molecule has 0 radical (unpaired) electrons. The zero-order valence-corrected chi connectivity index (χ0v) is 18.0. The molecule has 32 heavy (non-hydrogen) atoms. The number of amidine groups is 1. The topological polar surface area (TPSA) is 126 Å². The van der Waals surface area contributed by atoms with Crippen LogP contribution in [0.3, 0.4) is 0 Å². The number of thiazole rings is 1. The molecule has 2 aliphatic heterocycles. The number of halogens is 3. The van der Waals surface area contributed by atoms with Crippen molar-refractivity contribution in [3.8, 4) is 0 Å². The van der Waals surface area contributed by atoms with Crippen LogP contribution in [0, 0.1) is 16.7 Å². The molecule has 170 valence electrons. The average Bonchev–Trinajstić information content (AvgIpc) is 3.25. The fourth-order valence-corrected chi connectivity index (χ4v) is 4.22. The van der Waals surface area contributed by atoms with Crippen molar-refractivity contribution in [3.05, 3.63) is 33.4 Å². The third-order valence-electron chi connectivity index (χ3n) is 4.88. The summed E-state index contributed by atoms with van der Waals surface area (Å²) in [7, 11) is 0. The molecule has 0 aliphatic carbocycles. The van der Waals surface area contributed by atoms with Gasteiger partial charge in [0, 0.05) is 60.6 Å². The van der Waals surface area contributed by atoms with Crippen molar-refractivity contribution < 1.29 is 18.0 Å². The van der Waals surface area contributed by atoms with Gasteiger partial charge in [0.05, 0.1) is 6.54 Å². The number of alkyl halides is 3. The third-order valence-corrected chi connectivity index (χ3v) is 5.78. The fraction of sp³-hybridized carbons (Fsp3) is 0.400. The molecule has 1 atom stereocenters. The summed E-state index contributed by atoms with van der Waals surface area (Å²) in [6.45, 7) is 2.33. The van der Waals surface area contributed by atoms with Gasteiger partial charge < -0.3 is 16.1 Å². The van der Waals surface area contributed by atoms with E-state index < -0.39 is 17.9 Å². The molecule has 12 heteroatoms. The first kappa shape index (κ1) is 23.5. The lowest BCUT2D eigenvalue weighted by Gasteiger charge is -2.25. The maximum Gasteiger partial charge on any atom is 0.434 e. The van der Waals surface area contributed by atoms with Gasteiger partial charge in [-0.25, -0.2) is 9.78 Å². The Hall–Kier alpha value is -3.15. The molecule has 1 aromatic rings. The van der Waals surface area contributed by atoms with Gasteiger partial charge >= 0.3 is 12.2 Å². The highest BCUT2D eigenvalue weighted by Gasteiger charge is 2.35. The van der Waals surface area contributed by atoms with Gasteiger partial charge in [0.2, 0.25) is 0 Å². The quantitative estimate of drug-likeness (QED) is 0.473. The van der Waals surface area contributed by atoms with Crippen LogP contribution in [0.1, 0.15) is 36.9 Å². The molecule has 0 aromatic carbocycles. The number of carbonyl (C=O) groups is 1. The lowest BCUT2D eigenvalue weighted by Crippen LogP contribution is -2.40. The Morgan fingerprint density at radius 3 is 2.81 bits per heavy atom. The monoisotopic (exact) mass is 465 g/mol. The van der Waals surface area contributed by atoms with E-state index in [0.717, 1.165) is 28.5 Å². The van der Waals surface area contributed by atoms with Crippen LogP contribution < -0.4 is 10.6 Å². The largest absolute Gasteiger partial charge is 0.434 e. The Morgan fingerprint density at radius 2 is 2.16 bits per heavy atom. The van der Waals surface area contributed by atoms with Crippen LogP contribution in [-0.2, 0) is 6.18 Å². The van der Waals surface area contributed by atoms with Gasteiger partial charge in [0.25, 0.3) is 0 Å². The lowest BCUT2D eigenvalue weighted by molar-refractivity contribution is -0.140. The Bertz CT molecular complexity index is 1040. The zero-order chi connectivity index (χ0) is 23.3. The second-order valence-corrected chi connectivity index (χ2v) is 7.97. The van der Waals surface area contributed by atoms with Gasteiger partial charge in [-0.2, -0.15) is 13.2 Å². The van der Waals surface area contributed by atoms with E-state index in [4.69, 9.17) is 10.8 Å². The number of amides is 2. The minimum absolute atomic E-state index is 0.112. The van der Waals surface area contributed by atoms with Crippen LogP contribution in [0.5, 0.6) is 0 Å². The molecular formula is C20H22F3N7OS. The second kappa shape index (κ2) is 9.98. The van der Waals surface area contributed by atoms with E-state index in [9.17, 15) is 18.0 Å². The van der Waals surface area contributed by atoms with Gasteiger partial charge in [-0.3, -0.25) is 15.3 Å². The maximum absolute atomic E-state index is 13.1. The summed E-state index contributed by atoms with van der Waals surface area (Å²) in [6.07, 6.45) is 0.603. The number of nitrogens with one attached hydrogen (secondary N) is 4. The van der Waals surface area contributed by atoms with Crippen molar-refractivity contribution in [3.63, 3.8) is 0 Å². The number of aromatic nitrogens is 1. The zero-order valence-electron chi connectivity index (χ0n) is 17.2. The molecule has 2 amide bonds. The summed E-state index contributed by atoms with van der Waals surface area (Å²) in [5, 5.41) is 21.7. The van der Waals surface area contributed by atoms with Gasteiger partial charge in [-0.05, 0) is 24.5 Å². The van der Waals surface area contributed by atoms with Crippen molar-refractivity contribution in [1.29, 1.82) is 10.8 Å². The number of aliphatic imine (C=N–C) groups is 2. The number of hydrogen-bond donors (Lipinski definition) is 4. The van der Waals surface area contributed by atoms with Gasteiger partial charge in [0.1, 0.15) is 10.8 Å². The summed E-state index contributed by atoms with van der Waals surface area (Å²) in [6, 6.07) is -0.439.